The average molecular weight is 154 g/mol. The molecule has 1 heteroatoms. The highest BCUT2D eigenvalue weighted by Gasteiger charge is 2.37. The zero-order valence-corrected chi connectivity index (χ0v) is 8.19. The normalized spacial score (nSPS) is 17.2. The van der Waals surface area contributed by atoms with Crippen molar-refractivity contribution in [2.24, 2.45) is 10.8 Å². The van der Waals surface area contributed by atoms with Crippen molar-refractivity contribution < 1.29 is 4.79 Å². The van der Waals surface area contributed by atoms with Crippen molar-refractivity contribution >= 4 is 6.29 Å². The quantitative estimate of drug-likeness (QED) is 0.441. The first-order chi connectivity index (χ1) is 4.75. The number of hydrogen-bond acceptors (Lipinski definition) is 1. The van der Waals surface area contributed by atoms with Gasteiger partial charge in [0, 0.05) is 5.41 Å². The fourth-order valence-corrected chi connectivity index (χ4v) is 0.918. The van der Waals surface area contributed by atoms with Gasteiger partial charge in [0.2, 0.25) is 0 Å². The highest BCUT2D eigenvalue weighted by Crippen LogP contribution is 2.41. The van der Waals surface area contributed by atoms with Crippen LogP contribution in [0.25, 0.3) is 0 Å². The zero-order chi connectivity index (χ0) is 9.28. The van der Waals surface area contributed by atoms with E-state index in [1.165, 1.54) is 0 Å². The lowest BCUT2D eigenvalue weighted by Crippen LogP contribution is -2.35. The van der Waals surface area contributed by atoms with Crippen LogP contribution >= 0.6 is 0 Å². The Morgan fingerprint density at radius 3 is 1.64 bits per heavy atom. The smallest absolute Gasteiger partial charge is 0.130 e. The van der Waals surface area contributed by atoms with Crippen LogP contribution in [0.1, 0.15) is 34.6 Å². The molecule has 0 saturated heterocycles. The van der Waals surface area contributed by atoms with Crippen molar-refractivity contribution in [2.45, 2.75) is 34.6 Å². The first kappa shape index (κ1) is 10.4. The van der Waals surface area contributed by atoms with Gasteiger partial charge in [0.05, 0.1) is 0 Å². The summed E-state index contributed by atoms with van der Waals surface area (Å²) in [4.78, 5) is 10.9. The summed E-state index contributed by atoms with van der Waals surface area (Å²) in [7, 11) is 0. The molecule has 0 aromatic rings. The molecule has 0 fully saturated rings. The van der Waals surface area contributed by atoms with Crippen molar-refractivity contribution in [1.29, 1.82) is 0 Å². The van der Waals surface area contributed by atoms with Crippen LogP contribution in [-0.4, -0.2) is 6.29 Å². The van der Waals surface area contributed by atoms with Gasteiger partial charge < -0.3 is 4.79 Å². The van der Waals surface area contributed by atoms with E-state index in [1.807, 2.05) is 13.8 Å². The molecule has 1 nitrogen and oxygen atoms in total. The van der Waals surface area contributed by atoms with Crippen LogP contribution in [0.4, 0.5) is 0 Å². The summed E-state index contributed by atoms with van der Waals surface area (Å²) in [6, 6.07) is 0. The molecule has 0 bridgehead atoms. The van der Waals surface area contributed by atoms with E-state index < -0.39 is 5.41 Å². The molecule has 0 rings (SSSR count). The Balaban J connectivity index is 4.91. The topological polar surface area (TPSA) is 17.1 Å². The van der Waals surface area contributed by atoms with Gasteiger partial charge >= 0.3 is 0 Å². The third-order valence-corrected chi connectivity index (χ3v) is 2.68. The predicted molar refractivity (Wildman–Crippen MR) is 48.4 cm³/mol. The van der Waals surface area contributed by atoms with Crippen LogP contribution in [0.5, 0.6) is 0 Å². The third-order valence-electron chi connectivity index (χ3n) is 2.68. The largest absolute Gasteiger partial charge is 0.302 e. The van der Waals surface area contributed by atoms with E-state index in [1.54, 1.807) is 0 Å². The standard InChI is InChI=1S/C10H18O/c1-8(2)10(6,7-11)9(3,4)5/h7H,1H2,2-6H3. The van der Waals surface area contributed by atoms with Gasteiger partial charge in [-0.1, -0.05) is 32.9 Å². The SMILES string of the molecule is C=C(C)C(C)(C=O)C(C)(C)C. The first-order valence-electron chi connectivity index (χ1n) is 3.88. The van der Waals surface area contributed by atoms with Crippen LogP contribution in [0, 0.1) is 10.8 Å². The van der Waals surface area contributed by atoms with E-state index in [0.717, 1.165) is 11.9 Å². The van der Waals surface area contributed by atoms with Gasteiger partial charge in [-0.3, -0.25) is 0 Å². The van der Waals surface area contributed by atoms with Gasteiger partial charge in [0.25, 0.3) is 0 Å². The predicted octanol–water partition coefficient (Wildman–Crippen LogP) is 2.81. The second-order valence-corrected chi connectivity index (χ2v) is 4.35. The monoisotopic (exact) mass is 154 g/mol. The highest BCUT2D eigenvalue weighted by atomic mass is 16.1. The molecule has 64 valence electrons. The lowest BCUT2D eigenvalue weighted by atomic mass is 9.65. The molecule has 0 heterocycles. The van der Waals surface area contributed by atoms with Crippen LogP contribution in [-0.2, 0) is 4.79 Å². The molecule has 0 amide bonds. The molecule has 0 N–H and O–H groups in total. The van der Waals surface area contributed by atoms with Crippen LogP contribution in [0.3, 0.4) is 0 Å². The molecule has 0 saturated carbocycles. The van der Waals surface area contributed by atoms with E-state index in [9.17, 15) is 4.79 Å². The van der Waals surface area contributed by atoms with Gasteiger partial charge in [0.15, 0.2) is 0 Å². The molecule has 11 heavy (non-hydrogen) atoms. The minimum atomic E-state index is -0.396. The summed E-state index contributed by atoms with van der Waals surface area (Å²) in [5.41, 5.74) is 0.494. The fourth-order valence-electron chi connectivity index (χ4n) is 0.918. The molecular formula is C10H18O. The lowest BCUT2D eigenvalue weighted by Gasteiger charge is -2.37. The van der Waals surface area contributed by atoms with Crippen molar-refractivity contribution in [1.82, 2.24) is 0 Å². The van der Waals surface area contributed by atoms with Gasteiger partial charge in [-0.25, -0.2) is 0 Å². The van der Waals surface area contributed by atoms with Crippen molar-refractivity contribution in [3.63, 3.8) is 0 Å². The Morgan fingerprint density at radius 1 is 1.27 bits per heavy atom. The molecule has 0 aromatic carbocycles. The summed E-state index contributed by atoms with van der Waals surface area (Å²) >= 11 is 0. The molecule has 0 aliphatic carbocycles. The molecule has 0 aliphatic rings. The third kappa shape index (κ3) is 1.70. The number of carbonyl (C=O) groups is 1. The van der Waals surface area contributed by atoms with Crippen LogP contribution in [0.15, 0.2) is 12.2 Å². The zero-order valence-electron chi connectivity index (χ0n) is 8.19. The molecule has 1 unspecified atom stereocenters. The maximum atomic E-state index is 10.9. The Hall–Kier alpha value is -0.590. The van der Waals surface area contributed by atoms with Crippen LogP contribution in [0.2, 0.25) is 0 Å². The van der Waals surface area contributed by atoms with E-state index in [0.29, 0.717) is 0 Å². The number of aldehydes is 1. The summed E-state index contributed by atoms with van der Waals surface area (Å²) < 4.78 is 0. The first-order valence-corrected chi connectivity index (χ1v) is 3.88. The van der Waals surface area contributed by atoms with Gasteiger partial charge in [-0.05, 0) is 19.3 Å². The highest BCUT2D eigenvalue weighted by molar-refractivity contribution is 5.65. The molecular weight excluding hydrogens is 136 g/mol. The second kappa shape index (κ2) is 2.80. The number of rotatable bonds is 2. The number of hydrogen-bond donors (Lipinski definition) is 0. The number of allylic oxidation sites excluding steroid dienone is 1. The van der Waals surface area contributed by atoms with Gasteiger partial charge in [-0.15, -0.1) is 0 Å². The van der Waals surface area contributed by atoms with Crippen LogP contribution < -0.4 is 0 Å². The Bertz CT molecular complexity index is 174. The van der Waals surface area contributed by atoms with E-state index in [-0.39, 0.29) is 5.41 Å². The maximum Gasteiger partial charge on any atom is 0.130 e. The summed E-state index contributed by atoms with van der Waals surface area (Å²) in [6.07, 6.45) is 0.995. The lowest BCUT2D eigenvalue weighted by molar-refractivity contribution is -0.118. The molecule has 0 radical (unpaired) electrons. The number of carbonyl (C=O) groups excluding carboxylic acids is 1. The maximum absolute atomic E-state index is 10.9. The van der Waals surface area contributed by atoms with Crippen molar-refractivity contribution in [3.8, 4) is 0 Å². The summed E-state index contributed by atoms with van der Waals surface area (Å²) in [5.74, 6) is 0. The fraction of sp³-hybridized carbons (Fsp3) is 0.700. The Morgan fingerprint density at radius 2 is 1.64 bits per heavy atom. The van der Waals surface area contributed by atoms with Gasteiger partial charge in [-0.2, -0.15) is 0 Å². The summed E-state index contributed by atoms with van der Waals surface area (Å²) in [6.45, 7) is 13.8. The van der Waals surface area contributed by atoms with E-state index in [2.05, 4.69) is 27.4 Å². The average Bonchev–Trinajstić information content (AvgIpc) is 1.83. The molecule has 1 atom stereocenters. The van der Waals surface area contributed by atoms with E-state index >= 15 is 0 Å². The molecule has 0 aliphatic heterocycles. The minimum absolute atomic E-state index is 0.0411. The van der Waals surface area contributed by atoms with Crippen molar-refractivity contribution in [3.05, 3.63) is 12.2 Å². The van der Waals surface area contributed by atoms with Crippen molar-refractivity contribution in [2.75, 3.05) is 0 Å². The Kier molecular flexibility index (Phi) is 2.65. The second-order valence-electron chi connectivity index (χ2n) is 4.35. The van der Waals surface area contributed by atoms with Gasteiger partial charge in [0.1, 0.15) is 6.29 Å². The Labute approximate surface area is 69.5 Å². The molecule has 0 spiro atoms. The summed E-state index contributed by atoms with van der Waals surface area (Å²) in [5, 5.41) is 0. The molecule has 0 aromatic heterocycles. The minimum Gasteiger partial charge on any atom is -0.302 e. The van der Waals surface area contributed by atoms with E-state index in [4.69, 9.17) is 0 Å².